The van der Waals surface area contributed by atoms with Crippen LogP contribution in [0.15, 0.2) is 0 Å². The third-order valence-corrected chi connectivity index (χ3v) is 5.28. The molecule has 2 aliphatic rings. The summed E-state index contributed by atoms with van der Waals surface area (Å²) in [6, 6.07) is 1.33. The fourth-order valence-corrected chi connectivity index (χ4v) is 3.94. The van der Waals surface area contributed by atoms with Gasteiger partial charge in [0.2, 0.25) is 0 Å². The highest BCUT2D eigenvalue weighted by Crippen LogP contribution is 2.40. The van der Waals surface area contributed by atoms with Crippen molar-refractivity contribution in [3.8, 4) is 0 Å². The molecule has 1 saturated carbocycles. The van der Waals surface area contributed by atoms with Crippen molar-refractivity contribution in [2.24, 2.45) is 0 Å². The summed E-state index contributed by atoms with van der Waals surface area (Å²) >= 11 is 1.92. The molecule has 1 aromatic rings. The van der Waals surface area contributed by atoms with Gasteiger partial charge in [0.25, 0.3) is 0 Å². The van der Waals surface area contributed by atoms with Gasteiger partial charge in [-0.15, -0.1) is 0 Å². The standard InChI is InChI=1S/C14H23N3S/c1-3-9-15-11-5-4-6-12-13(11)18-14(16-12)17(2)10-7-8-10/h10-11,15H,3-9H2,1-2H3. The second kappa shape index (κ2) is 5.17. The number of aryl methyl sites for hydroxylation is 1. The normalized spacial score (nSPS) is 22.9. The van der Waals surface area contributed by atoms with E-state index in [1.165, 1.54) is 54.2 Å². The van der Waals surface area contributed by atoms with E-state index in [0.29, 0.717) is 6.04 Å². The molecule has 18 heavy (non-hydrogen) atoms. The number of fused-ring (bicyclic) bond motifs is 1. The number of nitrogens with one attached hydrogen (secondary N) is 1. The topological polar surface area (TPSA) is 28.2 Å². The first kappa shape index (κ1) is 12.4. The molecule has 0 spiro atoms. The average molecular weight is 265 g/mol. The van der Waals surface area contributed by atoms with E-state index in [9.17, 15) is 0 Å². The zero-order valence-corrected chi connectivity index (χ0v) is 12.2. The average Bonchev–Trinajstić information content (AvgIpc) is 3.14. The molecule has 0 saturated heterocycles. The molecule has 0 radical (unpaired) electrons. The minimum Gasteiger partial charge on any atom is -0.348 e. The maximum absolute atomic E-state index is 4.87. The van der Waals surface area contributed by atoms with E-state index < -0.39 is 0 Å². The number of hydrogen-bond acceptors (Lipinski definition) is 4. The monoisotopic (exact) mass is 265 g/mol. The molecule has 4 heteroatoms. The molecule has 0 bridgehead atoms. The molecule has 0 aliphatic heterocycles. The SMILES string of the molecule is CCCNC1CCCc2nc(N(C)C3CC3)sc21. The number of hydrogen-bond donors (Lipinski definition) is 1. The summed E-state index contributed by atoms with van der Waals surface area (Å²) in [5.74, 6) is 0. The van der Waals surface area contributed by atoms with E-state index in [2.05, 4.69) is 24.2 Å². The molecule has 1 N–H and O–H groups in total. The zero-order valence-electron chi connectivity index (χ0n) is 11.4. The van der Waals surface area contributed by atoms with Gasteiger partial charge < -0.3 is 10.2 Å². The smallest absolute Gasteiger partial charge is 0.185 e. The molecule has 1 aromatic heterocycles. The molecular weight excluding hydrogens is 242 g/mol. The highest BCUT2D eigenvalue weighted by Gasteiger charge is 2.31. The summed E-state index contributed by atoms with van der Waals surface area (Å²) in [6.45, 7) is 3.35. The predicted octanol–water partition coefficient (Wildman–Crippen LogP) is 3.12. The van der Waals surface area contributed by atoms with Crippen LogP contribution in [0.2, 0.25) is 0 Å². The largest absolute Gasteiger partial charge is 0.348 e. The fraction of sp³-hybridized carbons (Fsp3) is 0.786. The molecule has 0 aromatic carbocycles. The van der Waals surface area contributed by atoms with E-state index in [1.54, 1.807) is 0 Å². The zero-order chi connectivity index (χ0) is 12.5. The lowest BCUT2D eigenvalue weighted by molar-refractivity contribution is 0.464. The second-order valence-corrected chi connectivity index (χ2v) is 6.56. The van der Waals surface area contributed by atoms with Crippen LogP contribution in [0.25, 0.3) is 0 Å². The first-order chi connectivity index (χ1) is 8.79. The predicted molar refractivity (Wildman–Crippen MR) is 77.5 cm³/mol. The van der Waals surface area contributed by atoms with Crippen molar-refractivity contribution < 1.29 is 0 Å². The lowest BCUT2D eigenvalue weighted by Crippen LogP contribution is -2.24. The van der Waals surface area contributed by atoms with Gasteiger partial charge in [-0.25, -0.2) is 4.98 Å². The van der Waals surface area contributed by atoms with Gasteiger partial charge in [-0.3, -0.25) is 0 Å². The first-order valence-electron chi connectivity index (χ1n) is 7.25. The van der Waals surface area contributed by atoms with Crippen LogP contribution in [0.4, 0.5) is 5.13 Å². The molecule has 1 atom stereocenters. The Balaban J connectivity index is 1.78. The van der Waals surface area contributed by atoms with Gasteiger partial charge in [0.15, 0.2) is 5.13 Å². The van der Waals surface area contributed by atoms with Crippen LogP contribution in [-0.2, 0) is 6.42 Å². The minimum absolute atomic E-state index is 0.563. The quantitative estimate of drug-likeness (QED) is 0.886. The van der Waals surface area contributed by atoms with Crippen LogP contribution in [0, 0.1) is 0 Å². The summed E-state index contributed by atoms with van der Waals surface area (Å²) in [5, 5.41) is 4.92. The van der Waals surface area contributed by atoms with E-state index in [4.69, 9.17) is 4.98 Å². The van der Waals surface area contributed by atoms with Crippen LogP contribution >= 0.6 is 11.3 Å². The Labute approximate surface area is 114 Å². The summed E-state index contributed by atoms with van der Waals surface area (Å²) in [6.07, 6.45) is 7.64. The van der Waals surface area contributed by atoms with Crippen molar-refractivity contribution >= 4 is 16.5 Å². The third kappa shape index (κ3) is 2.41. The Morgan fingerprint density at radius 1 is 1.39 bits per heavy atom. The van der Waals surface area contributed by atoms with E-state index in [-0.39, 0.29) is 0 Å². The van der Waals surface area contributed by atoms with Crippen molar-refractivity contribution in [3.05, 3.63) is 10.6 Å². The minimum atomic E-state index is 0.563. The molecular formula is C14H23N3S. The lowest BCUT2D eigenvalue weighted by Gasteiger charge is -2.22. The van der Waals surface area contributed by atoms with Gasteiger partial charge in [0, 0.05) is 24.0 Å². The van der Waals surface area contributed by atoms with Gasteiger partial charge in [-0.2, -0.15) is 0 Å². The molecule has 3 nitrogen and oxygen atoms in total. The van der Waals surface area contributed by atoms with E-state index in [1.807, 2.05) is 11.3 Å². The van der Waals surface area contributed by atoms with Crippen molar-refractivity contribution in [2.45, 2.75) is 57.5 Å². The summed E-state index contributed by atoms with van der Waals surface area (Å²) in [5.41, 5.74) is 1.36. The van der Waals surface area contributed by atoms with E-state index >= 15 is 0 Å². The molecule has 1 unspecified atom stereocenters. The number of nitrogens with zero attached hydrogens (tertiary/aromatic N) is 2. The Bertz CT molecular complexity index is 411. The van der Waals surface area contributed by atoms with Gasteiger partial charge >= 0.3 is 0 Å². The molecule has 1 fully saturated rings. The third-order valence-electron chi connectivity index (χ3n) is 3.98. The summed E-state index contributed by atoms with van der Waals surface area (Å²) < 4.78 is 0. The van der Waals surface area contributed by atoms with Gasteiger partial charge in [-0.05, 0) is 45.1 Å². The Morgan fingerprint density at radius 3 is 2.94 bits per heavy atom. The van der Waals surface area contributed by atoms with Crippen LogP contribution in [0.5, 0.6) is 0 Å². The van der Waals surface area contributed by atoms with Crippen LogP contribution in [-0.4, -0.2) is 24.6 Å². The molecule has 100 valence electrons. The van der Waals surface area contributed by atoms with Crippen LogP contribution in [0.3, 0.4) is 0 Å². The van der Waals surface area contributed by atoms with Gasteiger partial charge in [0.05, 0.1) is 5.69 Å². The molecule has 1 heterocycles. The maximum atomic E-state index is 4.87. The number of rotatable bonds is 5. The van der Waals surface area contributed by atoms with Crippen LogP contribution < -0.4 is 10.2 Å². The first-order valence-corrected chi connectivity index (χ1v) is 8.07. The maximum Gasteiger partial charge on any atom is 0.185 e. The van der Waals surface area contributed by atoms with E-state index in [0.717, 1.165) is 12.6 Å². The molecule has 0 amide bonds. The van der Waals surface area contributed by atoms with Gasteiger partial charge in [-0.1, -0.05) is 18.3 Å². The van der Waals surface area contributed by atoms with Crippen molar-refractivity contribution in [1.82, 2.24) is 10.3 Å². The highest BCUT2D eigenvalue weighted by molar-refractivity contribution is 7.15. The summed E-state index contributed by atoms with van der Waals surface area (Å²) in [7, 11) is 2.20. The Morgan fingerprint density at radius 2 is 2.22 bits per heavy atom. The number of anilines is 1. The van der Waals surface area contributed by atoms with Crippen LogP contribution in [0.1, 0.15) is 55.6 Å². The number of thiazole rings is 1. The lowest BCUT2D eigenvalue weighted by atomic mass is 9.98. The summed E-state index contributed by atoms with van der Waals surface area (Å²) in [4.78, 5) is 8.77. The van der Waals surface area contributed by atoms with Crippen molar-refractivity contribution in [3.63, 3.8) is 0 Å². The second-order valence-electron chi connectivity index (χ2n) is 5.55. The Kier molecular flexibility index (Phi) is 3.57. The fourth-order valence-electron chi connectivity index (χ4n) is 2.69. The molecule has 3 rings (SSSR count). The van der Waals surface area contributed by atoms with Gasteiger partial charge in [0.1, 0.15) is 0 Å². The molecule has 2 aliphatic carbocycles. The van der Waals surface area contributed by atoms with Crippen molar-refractivity contribution in [2.75, 3.05) is 18.5 Å². The number of aromatic nitrogens is 1. The highest BCUT2D eigenvalue weighted by atomic mass is 32.1. The van der Waals surface area contributed by atoms with Crippen molar-refractivity contribution in [1.29, 1.82) is 0 Å². The Hall–Kier alpha value is -0.610.